The Balaban J connectivity index is 3.41. The lowest BCUT2D eigenvalue weighted by Crippen LogP contribution is -2.15. The van der Waals surface area contributed by atoms with Crippen LogP contribution in [0.1, 0.15) is 71.1 Å². The van der Waals surface area contributed by atoms with E-state index in [1.54, 1.807) is 0 Å². The standard InChI is InChI=1S/C15H28O5S/c1-3-4-5-6-7-8-9-10-11-12-13-20-15(16)14(2)21(17,18)19/h2-13H2,1H3,(H,17,18,19). The number of hydrogen-bond donors (Lipinski definition) is 1. The van der Waals surface area contributed by atoms with Gasteiger partial charge < -0.3 is 4.74 Å². The first-order valence-electron chi connectivity index (χ1n) is 7.73. The summed E-state index contributed by atoms with van der Waals surface area (Å²) < 4.78 is 34.6. The Labute approximate surface area is 128 Å². The number of esters is 1. The molecule has 0 bridgehead atoms. The third-order valence-electron chi connectivity index (χ3n) is 3.27. The fourth-order valence-corrected chi connectivity index (χ4v) is 2.21. The summed E-state index contributed by atoms with van der Waals surface area (Å²) in [5.74, 6) is -1.08. The SMILES string of the molecule is C=C(C(=O)OCCCCCCCCCCCC)S(=O)(=O)O. The monoisotopic (exact) mass is 320 g/mol. The van der Waals surface area contributed by atoms with Gasteiger partial charge >= 0.3 is 16.1 Å². The fourth-order valence-electron chi connectivity index (χ4n) is 1.94. The van der Waals surface area contributed by atoms with Gasteiger partial charge in [0, 0.05) is 0 Å². The zero-order valence-electron chi connectivity index (χ0n) is 13.0. The van der Waals surface area contributed by atoms with Crippen LogP contribution in [0.4, 0.5) is 0 Å². The van der Waals surface area contributed by atoms with E-state index in [9.17, 15) is 13.2 Å². The smallest absolute Gasteiger partial charge is 0.351 e. The highest BCUT2D eigenvalue weighted by molar-refractivity contribution is 7.90. The number of ether oxygens (including phenoxy) is 1. The van der Waals surface area contributed by atoms with Gasteiger partial charge in [-0.1, -0.05) is 71.3 Å². The number of carbonyl (C=O) groups is 1. The lowest BCUT2D eigenvalue weighted by Gasteiger charge is -2.05. The van der Waals surface area contributed by atoms with Gasteiger partial charge in [0.25, 0.3) is 0 Å². The maximum atomic E-state index is 11.2. The molecule has 0 saturated carbocycles. The maximum absolute atomic E-state index is 11.2. The Kier molecular flexibility index (Phi) is 11.3. The first kappa shape index (κ1) is 20.1. The predicted octanol–water partition coefficient (Wildman–Crippen LogP) is 3.85. The topological polar surface area (TPSA) is 80.7 Å². The van der Waals surface area contributed by atoms with E-state index in [0.717, 1.165) is 12.8 Å². The molecule has 0 radical (unpaired) electrons. The Morgan fingerprint density at radius 2 is 1.38 bits per heavy atom. The van der Waals surface area contributed by atoms with Gasteiger partial charge in [0.2, 0.25) is 0 Å². The molecule has 0 fully saturated rings. The zero-order chi connectivity index (χ0) is 16.1. The molecule has 0 aromatic rings. The molecule has 0 aromatic carbocycles. The Bertz CT molecular complexity index is 400. The van der Waals surface area contributed by atoms with E-state index in [4.69, 9.17) is 9.29 Å². The summed E-state index contributed by atoms with van der Waals surface area (Å²) in [5.41, 5.74) is 0. The van der Waals surface area contributed by atoms with Crippen LogP contribution in [0.3, 0.4) is 0 Å². The maximum Gasteiger partial charge on any atom is 0.351 e. The number of unbranched alkanes of at least 4 members (excludes halogenated alkanes) is 9. The molecular formula is C15H28O5S. The summed E-state index contributed by atoms with van der Waals surface area (Å²) in [4.78, 5) is 10.3. The van der Waals surface area contributed by atoms with Crippen molar-refractivity contribution in [3.8, 4) is 0 Å². The van der Waals surface area contributed by atoms with Crippen LogP contribution < -0.4 is 0 Å². The van der Waals surface area contributed by atoms with Crippen LogP contribution >= 0.6 is 0 Å². The molecule has 21 heavy (non-hydrogen) atoms. The van der Waals surface area contributed by atoms with Gasteiger partial charge in [-0.2, -0.15) is 8.42 Å². The van der Waals surface area contributed by atoms with Crippen LogP contribution in [0.15, 0.2) is 11.5 Å². The van der Waals surface area contributed by atoms with Gasteiger partial charge in [-0.25, -0.2) is 4.79 Å². The molecule has 1 N–H and O–H groups in total. The molecule has 0 spiro atoms. The summed E-state index contributed by atoms with van der Waals surface area (Å²) >= 11 is 0. The summed E-state index contributed by atoms with van der Waals surface area (Å²) in [5, 5.41) is 0. The Morgan fingerprint density at radius 3 is 1.81 bits per heavy atom. The van der Waals surface area contributed by atoms with Crippen LogP contribution in [0.5, 0.6) is 0 Å². The van der Waals surface area contributed by atoms with Gasteiger partial charge in [-0.15, -0.1) is 0 Å². The highest BCUT2D eigenvalue weighted by Crippen LogP contribution is 2.11. The van der Waals surface area contributed by atoms with Gasteiger partial charge in [-0.3, -0.25) is 4.55 Å². The molecule has 0 saturated heterocycles. The minimum atomic E-state index is -4.54. The molecule has 0 aliphatic carbocycles. The molecule has 6 heteroatoms. The first-order chi connectivity index (χ1) is 9.89. The van der Waals surface area contributed by atoms with Crippen molar-refractivity contribution >= 4 is 16.1 Å². The molecular weight excluding hydrogens is 292 g/mol. The van der Waals surface area contributed by atoms with Gasteiger partial charge in [0.1, 0.15) is 0 Å². The predicted molar refractivity (Wildman–Crippen MR) is 83.5 cm³/mol. The third kappa shape index (κ3) is 11.5. The second-order valence-corrected chi connectivity index (χ2v) is 6.66. The molecule has 0 atom stereocenters. The van der Waals surface area contributed by atoms with Crippen LogP contribution in [-0.2, 0) is 19.6 Å². The van der Waals surface area contributed by atoms with Crippen LogP contribution in [0.25, 0.3) is 0 Å². The number of hydrogen-bond acceptors (Lipinski definition) is 4. The lowest BCUT2D eigenvalue weighted by atomic mass is 10.1. The second kappa shape index (κ2) is 11.7. The van der Waals surface area contributed by atoms with Crippen LogP contribution in [-0.4, -0.2) is 25.5 Å². The van der Waals surface area contributed by atoms with Gasteiger partial charge in [-0.05, 0) is 6.42 Å². The van der Waals surface area contributed by atoms with Crippen LogP contribution in [0, 0.1) is 0 Å². The van der Waals surface area contributed by atoms with Crippen molar-refractivity contribution in [1.29, 1.82) is 0 Å². The van der Waals surface area contributed by atoms with E-state index in [0.29, 0.717) is 6.42 Å². The van der Waals surface area contributed by atoms with Crippen molar-refractivity contribution in [2.45, 2.75) is 71.1 Å². The molecule has 0 unspecified atom stereocenters. The average Bonchev–Trinajstić information content (AvgIpc) is 2.42. The van der Waals surface area contributed by atoms with Crippen molar-refractivity contribution in [2.24, 2.45) is 0 Å². The summed E-state index contributed by atoms with van der Waals surface area (Å²) in [7, 11) is -4.54. The fraction of sp³-hybridized carbons (Fsp3) is 0.800. The molecule has 0 amide bonds. The van der Waals surface area contributed by atoms with Crippen molar-refractivity contribution in [2.75, 3.05) is 6.61 Å². The molecule has 0 aromatic heterocycles. The van der Waals surface area contributed by atoms with Crippen LogP contribution in [0.2, 0.25) is 0 Å². The largest absolute Gasteiger partial charge is 0.462 e. The molecule has 0 rings (SSSR count). The average molecular weight is 320 g/mol. The Morgan fingerprint density at radius 1 is 0.952 bits per heavy atom. The Hall–Kier alpha value is -0.880. The van der Waals surface area contributed by atoms with Crippen molar-refractivity contribution in [1.82, 2.24) is 0 Å². The second-order valence-electron chi connectivity index (χ2n) is 5.22. The van der Waals surface area contributed by atoms with Crippen molar-refractivity contribution in [3.63, 3.8) is 0 Å². The number of rotatable bonds is 13. The van der Waals surface area contributed by atoms with Gasteiger partial charge in [0.15, 0.2) is 4.91 Å². The van der Waals surface area contributed by atoms with Crippen molar-refractivity contribution in [3.05, 3.63) is 11.5 Å². The van der Waals surface area contributed by atoms with E-state index < -0.39 is 21.0 Å². The highest BCUT2D eigenvalue weighted by Gasteiger charge is 2.20. The van der Waals surface area contributed by atoms with E-state index in [1.807, 2.05) is 0 Å². The zero-order valence-corrected chi connectivity index (χ0v) is 13.8. The quantitative estimate of drug-likeness (QED) is 0.241. The van der Waals surface area contributed by atoms with Crippen molar-refractivity contribution < 1.29 is 22.5 Å². The van der Waals surface area contributed by atoms with E-state index >= 15 is 0 Å². The molecule has 0 aliphatic rings. The highest BCUT2D eigenvalue weighted by atomic mass is 32.2. The summed E-state index contributed by atoms with van der Waals surface area (Å²) in [6, 6.07) is 0. The molecule has 124 valence electrons. The third-order valence-corrected chi connectivity index (χ3v) is 4.06. The molecule has 0 heterocycles. The summed E-state index contributed by atoms with van der Waals surface area (Å²) in [6.45, 7) is 5.35. The molecule has 0 aliphatic heterocycles. The normalized spacial score (nSPS) is 11.3. The first-order valence-corrected chi connectivity index (χ1v) is 9.17. The van der Waals surface area contributed by atoms with E-state index in [-0.39, 0.29) is 6.61 Å². The lowest BCUT2D eigenvalue weighted by molar-refractivity contribution is -0.138. The molecule has 5 nitrogen and oxygen atoms in total. The van der Waals surface area contributed by atoms with E-state index in [2.05, 4.69) is 13.5 Å². The minimum Gasteiger partial charge on any atom is -0.462 e. The van der Waals surface area contributed by atoms with E-state index in [1.165, 1.54) is 44.9 Å². The van der Waals surface area contributed by atoms with Gasteiger partial charge in [0.05, 0.1) is 6.61 Å². The number of carbonyl (C=O) groups excluding carboxylic acids is 1. The minimum absolute atomic E-state index is 0.157. The summed E-state index contributed by atoms with van der Waals surface area (Å²) in [6.07, 6.45) is 11.6.